The van der Waals surface area contributed by atoms with Gasteiger partial charge in [0.05, 0.1) is 0 Å². The van der Waals surface area contributed by atoms with E-state index in [1.54, 1.807) is 6.92 Å². The van der Waals surface area contributed by atoms with Crippen LogP contribution < -0.4 is 21.1 Å². The van der Waals surface area contributed by atoms with Gasteiger partial charge in [-0.1, -0.05) is 30.3 Å². The highest BCUT2D eigenvalue weighted by atomic mass is 16.5. The monoisotopic (exact) mass is 313 g/mol. The molecule has 6 nitrogen and oxygen atoms in total. The second kappa shape index (κ2) is 7.84. The number of carbonyl (C=O) groups excluding carboxylic acids is 2. The molecule has 2 aromatic carbocycles. The number of nitrogens with one attached hydrogen (secondary N) is 2. The number of primary amides is 1. The molecule has 0 aromatic heterocycles. The lowest BCUT2D eigenvalue weighted by molar-refractivity contribution is -0.122. The normalized spacial score (nSPS) is 11.3. The SMILES string of the molecule is C[C@H](NC(N)=O)C(=O)NCc1ccc(Oc2ccccc2)cc1. The zero-order valence-corrected chi connectivity index (χ0v) is 12.8. The summed E-state index contributed by atoms with van der Waals surface area (Å²) in [5.41, 5.74) is 5.90. The summed E-state index contributed by atoms with van der Waals surface area (Å²) >= 11 is 0. The van der Waals surface area contributed by atoms with Gasteiger partial charge in [-0.15, -0.1) is 0 Å². The number of rotatable bonds is 6. The van der Waals surface area contributed by atoms with Crippen LogP contribution in [0.25, 0.3) is 0 Å². The lowest BCUT2D eigenvalue weighted by Gasteiger charge is -2.12. The highest BCUT2D eigenvalue weighted by Gasteiger charge is 2.13. The molecule has 2 rings (SSSR count). The molecule has 0 unspecified atom stereocenters. The summed E-state index contributed by atoms with van der Waals surface area (Å²) in [6, 6.07) is 15.5. The van der Waals surface area contributed by atoms with Gasteiger partial charge in [-0.05, 0) is 36.8 Å². The van der Waals surface area contributed by atoms with Crippen LogP contribution in [-0.2, 0) is 11.3 Å². The van der Waals surface area contributed by atoms with Gasteiger partial charge in [-0.2, -0.15) is 0 Å². The van der Waals surface area contributed by atoms with Crippen molar-refractivity contribution in [1.29, 1.82) is 0 Å². The molecule has 4 N–H and O–H groups in total. The Hall–Kier alpha value is -3.02. The lowest BCUT2D eigenvalue weighted by atomic mass is 10.2. The molecule has 23 heavy (non-hydrogen) atoms. The summed E-state index contributed by atoms with van der Waals surface area (Å²) in [6.45, 7) is 1.92. The van der Waals surface area contributed by atoms with Gasteiger partial charge in [0.15, 0.2) is 0 Å². The fraction of sp³-hybridized carbons (Fsp3) is 0.176. The third kappa shape index (κ3) is 5.35. The third-order valence-corrected chi connectivity index (χ3v) is 3.12. The van der Waals surface area contributed by atoms with E-state index < -0.39 is 12.1 Å². The molecule has 0 saturated heterocycles. The third-order valence-electron chi connectivity index (χ3n) is 3.12. The van der Waals surface area contributed by atoms with Crippen LogP contribution in [0, 0.1) is 0 Å². The summed E-state index contributed by atoms with van der Waals surface area (Å²) in [6.07, 6.45) is 0. The molecule has 0 saturated carbocycles. The standard InChI is InChI=1S/C17H19N3O3/c1-12(20-17(18)22)16(21)19-11-13-7-9-15(10-8-13)23-14-5-3-2-4-6-14/h2-10,12H,11H2,1H3,(H,19,21)(H3,18,20,22)/t12-/m0/s1. The van der Waals surface area contributed by atoms with Crippen LogP contribution in [0.5, 0.6) is 11.5 Å². The molecule has 3 amide bonds. The van der Waals surface area contributed by atoms with E-state index in [2.05, 4.69) is 10.6 Å². The molecule has 0 aliphatic rings. The minimum Gasteiger partial charge on any atom is -0.457 e. The summed E-state index contributed by atoms with van der Waals surface area (Å²) in [4.78, 5) is 22.4. The van der Waals surface area contributed by atoms with Crippen LogP contribution in [0.4, 0.5) is 4.79 Å². The molecule has 0 aliphatic carbocycles. The molecule has 120 valence electrons. The van der Waals surface area contributed by atoms with Crippen LogP contribution in [0.2, 0.25) is 0 Å². The van der Waals surface area contributed by atoms with Gasteiger partial charge in [0, 0.05) is 6.54 Å². The first-order valence-electron chi connectivity index (χ1n) is 7.20. The first-order valence-corrected chi connectivity index (χ1v) is 7.20. The average Bonchev–Trinajstić information content (AvgIpc) is 2.54. The number of para-hydroxylation sites is 1. The Kier molecular flexibility index (Phi) is 5.57. The fourth-order valence-electron chi connectivity index (χ4n) is 1.92. The van der Waals surface area contributed by atoms with Gasteiger partial charge in [-0.3, -0.25) is 4.79 Å². The van der Waals surface area contributed by atoms with Crippen LogP contribution in [-0.4, -0.2) is 18.0 Å². The Morgan fingerprint density at radius 3 is 2.26 bits per heavy atom. The Morgan fingerprint density at radius 2 is 1.65 bits per heavy atom. The van der Waals surface area contributed by atoms with Crippen LogP contribution in [0.1, 0.15) is 12.5 Å². The van der Waals surface area contributed by atoms with Gasteiger partial charge < -0.3 is 21.1 Å². The van der Waals surface area contributed by atoms with E-state index in [9.17, 15) is 9.59 Å². The first kappa shape index (κ1) is 16.4. The Balaban J connectivity index is 1.85. The number of hydrogen-bond donors (Lipinski definition) is 3. The molecule has 0 aliphatic heterocycles. The van der Waals surface area contributed by atoms with Crippen molar-refractivity contribution in [3.63, 3.8) is 0 Å². The summed E-state index contributed by atoms with van der Waals surface area (Å²) in [5.74, 6) is 1.18. The first-order chi connectivity index (χ1) is 11.0. The smallest absolute Gasteiger partial charge is 0.312 e. The maximum absolute atomic E-state index is 11.8. The van der Waals surface area contributed by atoms with Crippen molar-refractivity contribution < 1.29 is 14.3 Å². The van der Waals surface area contributed by atoms with E-state index >= 15 is 0 Å². The Bertz CT molecular complexity index is 657. The maximum Gasteiger partial charge on any atom is 0.312 e. The molecule has 0 spiro atoms. The van der Waals surface area contributed by atoms with E-state index in [1.807, 2.05) is 54.6 Å². The van der Waals surface area contributed by atoms with Gasteiger partial charge in [-0.25, -0.2) is 4.79 Å². The van der Waals surface area contributed by atoms with Crippen molar-refractivity contribution in [2.75, 3.05) is 0 Å². The fourth-order valence-corrected chi connectivity index (χ4v) is 1.92. The molecule has 2 aromatic rings. The largest absolute Gasteiger partial charge is 0.457 e. The van der Waals surface area contributed by atoms with E-state index in [-0.39, 0.29) is 5.91 Å². The number of amides is 3. The summed E-state index contributed by atoms with van der Waals surface area (Å²) in [5, 5.41) is 5.05. The number of carbonyl (C=O) groups is 2. The average molecular weight is 313 g/mol. The summed E-state index contributed by atoms with van der Waals surface area (Å²) in [7, 11) is 0. The van der Waals surface area contributed by atoms with Crippen molar-refractivity contribution in [3.05, 3.63) is 60.2 Å². The zero-order chi connectivity index (χ0) is 16.7. The minimum atomic E-state index is -0.727. The van der Waals surface area contributed by atoms with Crippen molar-refractivity contribution >= 4 is 11.9 Å². The lowest BCUT2D eigenvalue weighted by Crippen LogP contribution is -2.46. The predicted octanol–water partition coefficient (Wildman–Crippen LogP) is 2.15. The molecular formula is C17H19N3O3. The van der Waals surface area contributed by atoms with Crippen molar-refractivity contribution in [3.8, 4) is 11.5 Å². The predicted molar refractivity (Wildman–Crippen MR) is 87.0 cm³/mol. The number of benzene rings is 2. The minimum absolute atomic E-state index is 0.298. The number of ether oxygens (including phenoxy) is 1. The number of nitrogens with two attached hydrogens (primary N) is 1. The molecule has 0 fully saturated rings. The van der Waals surface area contributed by atoms with Crippen molar-refractivity contribution in [2.45, 2.75) is 19.5 Å². The second-order valence-corrected chi connectivity index (χ2v) is 5.01. The van der Waals surface area contributed by atoms with Crippen LogP contribution >= 0.6 is 0 Å². The van der Waals surface area contributed by atoms with E-state index in [1.165, 1.54) is 0 Å². The Morgan fingerprint density at radius 1 is 1.04 bits per heavy atom. The van der Waals surface area contributed by atoms with Gasteiger partial charge in [0.25, 0.3) is 0 Å². The molecule has 1 atom stereocenters. The molecule has 0 bridgehead atoms. The molecular weight excluding hydrogens is 294 g/mol. The van der Waals surface area contributed by atoms with Crippen molar-refractivity contribution in [2.24, 2.45) is 5.73 Å². The highest BCUT2D eigenvalue weighted by molar-refractivity contribution is 5.86. The van der Waals surface area contributed by atoms with Crippen LogP contribution in [0.3, 0.4) is 0 Å². The zero-order valence-electron chi connectivity index (χ0n) is 12.8. The van der Waals surface area contributed by atoms with Gasteiger partial charge >= 0.3 is 6.03 Å². The van der Waals surface area contributed by atoms with Crippen LogP contribution in [0.15, 0.2) is 54.6 Å². The number of hydrogen-bond acceptors (Lipinski definition) is 3. The summed E-state index contributed by atoms with van der Waals surface area (Å²) < 4.78 is 5.69. The van der Waals surface area contributed by atoms with Gasteiger partial charge in [0.1, 0.15) is 17.5 Å². The molecule has 0 radical (unpaired) electrons. The second-order valence-electron chi connectivity index (χ2n) is 5.01. The van der Waals surface area contributed by atoms with E-state index in [0.717, 1.165) is 17.1 Å². The maximum atomic E-state index is 11.8. The van der Waals surface area contributed by atoms with E-state index in [0.29, 0.717) is 6.54 Å². The van der Waals surface area contributed by atoms with Gasteiger partial charge in [0.2, 0.25) is 5.91 Å². The topological polar surface area (TPSA) is 93.5 Å². The van der Waals surface area contributed by atoms with Crippen molar-refractivity contribution in [1.82, 2.24) is 10.6 Å². The quantitative estimate of drug-likeness (QED) is 0.763. The Labute approximate surface area is 134 Å². The molecule has 6 heteroatoms. The number of urea groups is 1. The molecule has 0 heterocycles. The highest BCUT2D eigenvalue weighted by Crippen LogP contribution is 2.20. The van der Waals surface area contributed by atoms with E-state index in [4.69, 9.17) is 10.5 Å².